The molecule has 2 nitrogen and oxygen atoms in total. The smallest absolute Gasteiger partial charge is 0.311 e. The van der Waals surface area contributed by atoms with Crippen LogP contribution in [0.3, 0.4) is 0 Å². The van der Waals surface area contributed by atoms with E-state index in [0.29, 0.717) is 17.3 Å². The maximum atomic E-state index is 12.7. The van der Waals surface area contributed by atoms with Crippen LogP contribution in [0.1, 0.15) is 78.6 Å². The topological polar surface area (TPSA) is 26.3 Å². The highest BCUT2D eigenvalue weighted by atomic mass is 35.5. The van der Waals surface area contributed by atoms with Crippen molar-refractivity contribution in [3.8, 4) is 0 Å². The monoisotopic (exact) mass is 352 g/mol. The van der Waals surface area contributed by atoms with E-state index in [4.69, 9.17) is 16.3 Å². The van der Waals surface area contributed by atoms with Crippen molar-refractivity contribution in [1.82, 2.24) is 0 Å². The lowest BCUT2D eigenvalue weighted by Crippen LogP contribution is -2.58. The average molecular weight is 353 g/mol. The minimum Gasteiger partial charge on any atom is -0.469 e. The molecule has 24 heavy (non-hydrogen) atoms. The molecular formula is C21H33ClO2. The van der Waals surface area contributed by atoms with Gasteiger partial charge in [-0.15, -0.1) is 11.6 Å². The first-order valence-electron chi connectivity index (χ1n) is 9.95. The Kier molecular flexibility index (Phi) is 3.69. The Hall–Kier alpha value is -0.240. The van der Waals surface area contributed by atoms with E-state index in [0.717, 1.165) is 18.8 Å². The minimum absolute atomic E-state index is 0.00172. The van der Waals surface area contributed by atoms with Crippen LogP contribution in [-0.4, -0.2) is 18.0 Å². The van der Waals surface area contributed by atoms with Gasteiger partial charge in [0.1, 0.15) is 0 Å². The summed E-state index contributed by atoms with van der Waals surface area (Å²) >= 11 is 6.96. The predicted octanol–water partition coefficient (Wildman–Crippen LogP) is 5.57. The summed E-state index contributed by atoms with van der Waals surface area (Å²) in [6.45, 7) is 6.98. The average Bonchev–Trinajstić information content (AvgIpc) is 2.70. The lowest BCUT2D eigenvalue weighted by atomic mass is 9.41. The number of methoxy groups -OCH3 is 1. The number of alkyl halides is 1. The van der Waals surface area contributed by atoms with Crippen LogP contribution in [0, 0.1) is 34.0 Å². The summed E-state index contributed by atoms with van der Waals surface area (Å²) in [6.07, 6.45) is 11.0. The molecule has 4 aliphatic rings. The van der Waals surface area contributed by atoms with Gasteiger partial charge in [0, 0.05) is 4.87 Å². The van der Waals surface area contributed by atoms with Crippen LogP contribution in [0.25, 0.3) is 0 Å². The number of carbonyl (C=O) groups is 1. The molecular weight excluding hydrogens is 320 g/mol. The summed E-state index contributed by atoms with van der Waals surface area (Å²) in [5.41, 5.74) is 0.434. The number of ether oxygens (including phenoxy) is 1. The molecule has 0 N–H and O–H groups in total. The first kappa shape index (κ1) is 17.2. The second-order valence-electron chi connectivity index (χ2n) is 10.2. The molecule has 4 fully saturated rings. The van der Waals surface area contributed by atoms with Gasteiger partial charge in [-0.2, -0.15) is 0 Å². The second-order valence-corrected chi connectivity index (χ2v) is 11.1. The molecule has 0 heterocycles. The summed E-state index contributed by atoms with van der Waals surface area (Å²) in [5.74, 6) is 1.94. The summed E-state index contributed by atoms with van der Waals surface area (Å²) in [6, 6.07) is 0. The fourth-order valence-electron chi connectivity index (χ4n) is 8.23. The SMILES string of the molecule is COC(=O)[C@]1(C)CCC[C@@]2(C)[C@@H]3CC[C@@H]4C[C@@]3(CC[C@@H]21)C[C@]4(C)Cl. The van der Waals surface area contributed by atoms with Gasteiger partial charge in [0.25, 0.3) is 0 Å². The maximum Gasteiger partial charge on any atom is 0.311 e. The molecule has 4 saturated carbocycles. The third-order valence-corrected chi connectivity index (χ3v) is 9.54. The molecule has 0 radical (unpaired) electrons. The Labute approximate surface area is 152 Å². The van der Waals surface area contributed by atoms with Crippen molar-refractivity contribution in [3.63, 3.8) is 0 Å². The molecule has 1 spiro atoms. The molecule has 0 aromatic rings. The highest BCUT2D eigenvalue weighted by molar-refractivity contribution is 6.24. The summed E-state index contributed by atoms with van der Waals surface area (Å²) in [7, 11) is 1.56. The lowest BCUT2D eigenvalue weighted by molar-refractivity contribution is -0.183. The van der Waals surface area contributed by atoms with Crippen molar-refractivity contribution in [1.29, 1.82) is 0 Å². The van der Waals surface area contributed by atoms with Crippen LogP contribution >= 0.6 is 11.6 Å². The molecule has 0 unspecified atom stereocenters. The van der Waals surface area contributed by atoms with Crippen LogP contribution in [-0.2, 0) is 9.53 Å². The zero-order valence-electron chi connectivity index (χ0n) is 15.8. The molecule has 4 rings (SSSR count). The van der Waals surface area contributed by atoms with Gasteiger partial charge >= 0.3 is 5.97 Å². The van der Waals surface area contributed by atoms with Gasteiger partial charge in [-0.25, -0.2) is 0 Å². The Morgan fingerprint density at radius 3 is 2.50 bits per heavy atom. The van der Waals surface area contributed by atoms with Crippen molar-refractivity contribution in [3.05, 3.63) is 0 Å². The van der Waals surface area contributed by atoms with E-state index >= 15 is 0 Å². The molecule has 0 saturated heterocycles. The fourth-order valence-corrected chi connectivity index (χ4v) is 8.68. The number of rotatable bonds is 1. The van der Waals surface area contributed by atoms with Gasteiger partial charge in [0.2, 0.25) is 0 Å². The zero-order chi connectivity index (χ0) is 17.4. The van der Waals surface area contributed by atoms with Crippen LogP contribution in [0.4, 0.5) is 0 Å². The van der Waals surface area contributed by atoms with E-state index in [1.54, 1.807) is 7.11 Å². The van der Waals surface area contributed by atoms with E-state index in [1.165, 1.54) is 44.9 Å². The van der Waals surface area contributed by atoms with E-state index in [-0.39, 0.29) is 21.7 Å². The van der Waals surface area contributed by atoms with Crippen molar-refractivity contribution >= 4 is 17.6 Å². The van der Waals surface area contributed by atoms with Gasteiger partial charge < -0.3 is 4.74 Å². The number of hydrogen-bond donors (Lipinski definition) is 0. The Bertz CT molecular complexity index is 558. The standard InChI is InChI=1S/C21H33ClO2/c1-18-9-5-10-19(2,17(23)24-4)15(18)8-11-21-12-14(6-7-16(18)21)20(3,22)13-21/h14-16H,5-13H2,1-4H3/t14-,15+,16+,18-,19-,20+,21+/m1/s1. The molecule has 2 bridgehead atoms. The maximum absolute atomic E-state index is 12.7. The molecule has 3 heteroatoms. The second kappa shape index (κ2) is 5.15. The predicted molar refractivity (Wildman–Crippen MR) is 96.9 cm³/mol. The molecule has 0 aromatic heterocycles. The highest BCUT2D eigenvalue weighted by Crippen LogP contribution is 2.73. The van der Waals surface area contributed by atoms with Crippen LogP contribution in [0.2, 0.25) is 0 Å². The Balaban J connectivity index is 1.72. The Morgan fingerprint density at radius 1 is 1.04 bits per heavy atom. The molecule has 136 valence electrons. The molecule has 0 amide bonds. The van der Waals surface area contributed by atoms with E-state index < -0.39 is 0 Å². The third-order valence-electron chi connectivity index (χ3n) is 9.10. The number of carbonyl (C=O) groups excluding carboxylic acids is 1. The quantitative estimate of drug-likeness (QED) is 0.455. The third kappa shape index (κ3) is 2.04. The number of hydrogen-bond acceptors (Lipinski definition) is 2. The van der Waals surface area contributed by atoms with Gasteiger partial charge in [0.15, 0.2) is 0 Å². The van der Waals surface area contributed by atoms with Crippen molar-refractivity contribution in [2.45, 2.75) is 83.4 Å². The molecule has 0 aromatic carbocycles. The lowest BCUT2D eigenvalue weighted by Gasteiger charge is -2.63. The number of fused-ring (bicyclic) bond motifs is 3. The van der Waals surface area contributed by atoms with E-state index in [1.807, 2.05) is 0 Å². The van der Waals surface area contributed by atoms with Gasteiger partial charge in [-0.3, -0.25) is 4.79 Å². The van der Waals surface area contributed by atoms with Gasteiger partial charge in [0.05, 0.1) is 12.5 Å². The molecule has 0 aliphatic heterocycles. The van der Waals surface area contributed by atoms with Crippen LogP contribution < -0.4 is 0 Å². The number of halogens is 1. The summed E-state index contributed by atoms with van der Waals surface area (Å²) < 4.78 is 5.26. The molecule has 4 aliphatic carbocycles. The van der Waals surface area contributed by atoms with Crippen LogP contribution in [0.15, 0.2) is 0 Å². The minimum atomic E-state index is -0.289. The zero-order valence-corrected chi connectivity index (χ0v) is 16.5. The van der Waals surface area contributed by atoms with E-state index in [2.05, 4.69) is 20.8 Å². The first-order valence-corrected chi connectivity index (χ1v) is 10.3. The van der Waals surface area contributed by atoms with Gasteiger partial charge in [-0.1, -0.05) is 13.3 Å². The fraction of sp³-hybridized carbons (Fsp3) is 0.952. The largest absolute Gasteiger partial charge is 0.469 e. The normalized spacial score (nSPS) is 56.3. The highest BCUT2D eigenvalue weighted by Gasteiger charge is 2.67. The van der Waals surface area contributed by atoms with Crippen LogP contribution in [0.5, 0.6) is 0 Å². The number of esters is 1. The summed E-state index contributed by atoms with van der Waals surface area (Å²) in [4.78, 5) is 12.7. The van der Waals surface area contributed by atoms with Gasteiger partial charge in [-0.05, 0) is 93.8 Å². The molecule has 7 atom stereocenters. The van der Waals surface area contributed by atoms with Crippen molar-refractivity contribution < 1.29 is 9.53 Å². The van der Waals surface area contributed by atoms with Crippen molar-refractivity contribution in [2.75, 3.05) is 7.11 Å². The van der Waals surface area contributed by atoms with E-state index in [9.17, 15) is 4.79 Å². The van der Waals surface area contributed by atoms with Crippen molar-refractivity contribution in [2.24, 2.45) is 34.0 Å². The summed E-state index contributed by atoms with van der Waals surface area (Å²) in [5, 5.41) is 0. The Morgan fingerprint density at radius 2 is 1.79 bits per heavy atom. The first-order chi connectivity index (χ1) is 11.2.